The molecule has 2 aromatic rings. The number of anilines is 1. The highest BCUT2D eigenvalue weighted by Gasteiger charge is 2.42. The van der Waals surface area contributed by atoms with Crippen molar-refractivity contribution in [3.05, 3.63) is 59.4 Å². The standard InChI is InChI=1S/C27H34FN3O2/c1-33-23-12-9-20-15-24(27(32)29-22-5-3-2-4-6-22)26-18-30(13-14-31(26)25(20)16-23)17-19-7-10-21(28)11-8-19/h7-12,16,22,24,26H,2-6,13-15,17-18H2,1H3,(H,29,32). The molecule has 1 saturated carbocycles. The molecule has 2 fully saturated rings. The molecule has 2 unspecified atom stereocenters. The van der Waals surface area contributed by atoms with Gasteiger partial charge in [0.15, 0.2) is 0 Å². The van der Waals surface area contributed by atoms with Gasteiger partial charge in [0.2, 0.25) is 5.91 Å². The third kappa shape index (κ3) is 4.86. The van der Waals surface area contributed by atoms with Crippen LogP contribution in [-0.4, -0.2) is 49.6 Å². The molecular weight excluding hydrogens is 417 g/mol. The fourth-order valence-electron chi connectivity index (χ4n) is 5.81. The van der Waals surface area contributed by atoms with Crippen LogP contribution in [0.1, 0.15) is 43.2 Å². The zero-order valence-corrected chi connectivity index (χ0v) is 19.4. The van der Waals surface area contributed by atoms with E-state index in [0.29, 0.717) is 6.04 Å². The lowest BCUT2D eigenvalue weighted by Crippen LogP contribution is -2.61. The Morgan fingerprint density at radius 3 is 2.64 bits per heavy atom. The topological polar surface area (TPSA) is 44.8 Å². The Morgan fingerprint density at radius 1 is 1.09 bits per heavy atom. The molecular formula is C27H34FN3O2. The van der Waals surface area contributed by atoms with Gasteiger partial charge < -0.3 is 15.0 Å². The van der Waals surface area contributed by atoms with Gasteiger partial charge in [-0.3, -0.25) is 9.69 Å². The highest BCUT2D eigenvalue weighted by Crippen LogP contribution is 2.38. The van der Waals surface area contributed by atoms with Crippen LogP contribution in [0.15, 0.2) is 42.5 Å². The van der Waals surface area contributed by atoms with E-state index in [1.807, 2.05) is 18.2 Å². The molecule has 0 bridgehead atoms. The second kappa shape index (κ2) is 9.72. The van der Waals surface area contributed by atoms with Gasteiger partial charge in [-0.15, -0.1) is 0 Å². The maximum atomic E-state index is 13.5. The molecule has 0 radical (unpaired) electrons. The van der Waals surface area contributed by atoms with E-state index < -0.39 is 0 Å². The fraction of sp³-hybridized carbons (Fsp3) is 0.519. The molecule has 2 aromatic carbocycles. The van der Waals surface area contributed by atoms with Gasteiger partial charge in [-0.25, -0.2) is 4.39 Å². The summed E-state index contributed by atoms with van der Waals surface area (Å²) in [5.74, 6) is 0.762. The van der Waals surface area contributed by atoms with E-state index in [4.69, 9.17) is 4.74 Å². The van der Waals surface area contributed by atoms with Gasteiger partial charge in [0.05, 0.1) is 19.1 Å². The van der Waals surface area contributed by atoms with Crippen LogP contribution in [0.3, 0.4) is 0 Å². The van der Waals surface area contributed by atoms with E-state index >= 15 is 0 Å². The van der Waals surface area contributed by atoms with Crippen molar-refractivity contribution in [2.24, 2.45) is 5.92 Å². The lowest BCUT2D eigenvalue weighted by atomic mass is 9.82. The van der Waals surface area contributed by atoms with Crippen molar-refractivity contribution < 1.29 is 13.9 Å². The first-order valence-corrected chi connectivity index (χ1v) is 12.3. The van der Waals surface area contributed by atoms with Gasteiger partial charge in [0, 0.05) is 44.0 Å². The third-order valence-corrected chi connectivity index (χ3v) is 7.62. The predicted octanol–water partition coefficient (Wildman–Crippen LogP) is 4.15. The van der Waals surface area contributed by atoms with Gasteiger partial charge in [-0.1, -0.05) is 37.5 Å². The summed E-state index contributed by atoms with van der Waals surface area (Å²) in [6, 6.07) is 13.4. The fourth-order valence-corrected chi connectivity index (χ4v) is 5.81. The number of carbonyl (C=O) groups excluding carboxylic acids is 1. The quantitative estimate of drug-likeness (QED) is 0.742. The normalized spacial score (nSPS) is 23.5. The van der Waals surface area contributed by atoms with Crippen molar-refractivity contribution in [1.29, 1.82) is 0 Å². The average Bonchev–Trinajstić information content (AvgIpc) is 2.85. The lowest BCUT2D eigenvalue weighted by Gasteiger charge is -2.49. The summed E-state index contributed by atoms with van der Waals surface area (Å²) in [6.45, 7) is 3.35. The molecule has 0 aromatic heterocycles. The smallest absolute Gasteiger partial charge is 0.225 e. The summed E-state index contributed by atoms with van der Waals surface area (Å²) in [5.41, 5.74) is 3.52. The second-order valence-corrected chi connectivity index (χ2v) is 9.77. The number of carbonyl (C=O) groups is 1. The van der Waals surface area contributed by atoms with Crippen LogP contribution >= 0.6 is 0 Å². The van der Waals surface area contributed by atoms with Gasteiger partial charge in [-0.2, -0.15) is 0 Å². The Morgan fingerprint density at radius 2 is 1.88 bits per heavy atom. The number of hydrogen-bond acceptors (Lipinski definition) is 4. The minimum absolute atomic E-state index is 0.0798. The van der Waals surface area contributed by atoms with Gasteiger partial charge >= 0.3 is 0 Å². The number of fused-ring (bicyclic) bond motifs is 3. The zero-order chi connectivity index (χ0) is 22.8. The Kier molecular flexibility index (Phi) is 6.54. The molecule has 176 valence electrons. The second-order valence-electron chi connectivity index (χ2n) is 9.77. The maximum Gasteiger partial charge on any atom is 0.225 e. The van der Waals surface area contributed by atoms with Gasteiger partial charge in [0.25, 0.3) is 0 Å². The Labute approximate surface area is 195 Å². The summed E-state index contributed by atoms with van der Waals surface area (Å²) < 4.78 is 18.8. The largest absolute Gasteiger partial charge is 0.497 e. The Balaban J connectivity index is 1.38. The molecule has 5 rings (SSSR count). The van der Waals surface area contributed by atoms with Crippen LogP contribution in [0.4, 0.5) is 10.1 Å². The first kappa shape index (κ1) is 22.2. The summed E-state index contributed by atoms with van der Waals surface area (Å²) in [5, 5.41) is 3.40. The minimum Gasteiger partial charge on any atom is -0.497 e. The van der Waals surface area contributed by atoms with Crippen LogP contribution in [0.25, 0.3) is 0 Å². The van der Waals surface area contributed by atoms with E-state index in [2.05, 4.69) is 27.2 Å². The number of nitrogens with one attached hydrogen (secondary N) is 1. The summed E-state index contributed by atoms with van der Waals surface area (Å²) >= 11 is 0. The van der Waals surface area contributed by atoms with E-state index in [1.165, 1.54) is 42.6 Å². The molecule has 3 aliphatic rings. The first-order valence-electron chi connectivity index (χ1n) is 12.3. The van der Waals surface area contributed by atoms with Crippen molar-refractivity contribution in [3.8, 4) is 5.75 Å². The van der Waals surface area contributed by atoms with Crippen LogP contribution in [0.5, 0.6) is 5.75 Å². The highest BCUT2D eigenvalue weighted by atomic mass is 19.1. The Hall–Kier alpha value is -2.60. The monoisotopic (exact) mass is 451 g/mol. The van der Waals surface area contributed by atoms with E-state index in [1.54, 1.807) is 7.11 Å². The molecule has 1 amide bonds. The predicted molar refractivity (Wildman–Crippen MR) is 128 cm³/mol. The van der Waals surface area contributed by atoms with E-state index in [9.17, 15) is 9.18 Å². The van der Waals surface area contributed by atoms with Crippen molar-refractivity contribution in [1.82, 2.24) is 10.2 Å². The number of halogens is 1. The van der Waals surface area contributed by atoms with Crippen LogP contribution in [0, 0.1) is 11.7 Å². The molecule has 1 aliphatic carbocycles. The number of nitrogens with zero attached hydrogens (tertiary/aromatic N) is 2. The van der Waals surface area contributed by atoms with E-state index in [-0.39, 0.29) is 23.7 Å². The first-order chi connectivity index (χ1) is 16.1. The summed E-state index contributed by atoms with van der Waals surface area (Å²) in [6.07, 6.45) is 6.64. The molecule has 1 N–H and O–H groups in total. The van der Waals surface area contributed by atoms with Crippen LogP contribution in [-0.2, 0) is 17.8 Å². The minimum atomic E-state index is -0.208. The van der Waals surface area contributed by atoms with Crippen molar-refractivity contribution in [2.75, 3.05) is 31.6 Å². The van der Waals surface area contributed by atoms with Gasteiger partial charge in [0.1, 0.15) is 11.6 Å². The molecule has 0 spiro atoms. The lowest BCUT2D eigenvalue weighted by molar-refractivity contribution is -0.127. The average molecular weight is 452 g/mol. The maximum absolute atomic E-state index is 13.5. The van der Waals surface area contributed by atoms with Gasteiger partial charge in [-0.05, 0) is 48.6 Å². The summed E-state index contributed by atoms with van der Waals surface area (Å²) in [4.78, 5) is 18.4. The third-order valence-electron chi connectivity index (χ3n) is 7.62. The van der Waals surface area contributed by atoms with E-state index in [0.717, 1.165) is 56.8 Å². The number of benzene rings is 2. The number of piperazine rings is 1. The molecule has 1 saturated heterocycles. The molecule has 6 heteroatoms. The highest BCUT2D eigenvalue weighted by molar-refractivity contribution is 5.82. The molecule has 2 atom stereocenters. The van der Waals surface area contributed by atoms with Crippen LogP contribution in [0.2, 0.25) is 0 Å². The Bertz CT molecular complexity index is 974. The number of methoxy groups -OCH3 is 1. The number of rotatable bonds is 5. The van der Waals surface area contributed by atoms with Crippen molar-refractivity contribution in [3.63, 3.8) is 0 Å². The summed E-state index contributed by atoms with van der Waals surface area (Å²) in [7, 11) is 1.70. The van der Waals surface area contributed by atoms with Crippen molar-refractivity contribution >= 4 is 11.6 Å². The van der Waals surface area contributed by atoms with Crippen LogP contribution < -0.4 is 15.0 Å². The molecule has 2 aliphatic heterocycles. The number of hydrogen-bond donors (Lipinski definition) is 1. The zero-order valence-electron chi connectivity index (χ0n) is 19.4. The molecule has 33 heavy (non-hydrogen) atoms. The molecule has 5 nitrogen and oxygen atoms in total. The number of ether oxygens (including phenoxy) is 1. The van der Waals surface area contributed by atoms with Crippen molar-refractivity contribution in [2.45, 2.75) is 57.2 Å². The number of amides is 1. The molecule has 2 heterocycles. The SMILES string of the molecule is COc1ccc2c(c1)N1CCN(Cc3ccc(F)cc3)CC1C(C(=O)NC1CCCCC1)C2.